The molecule has 3 N–H and O–H groups in total. The number of fused-ring (bicyclic) bond motifs is 1. The molecule has 0 unspecified atom stereocenters. The molecule has 1 aromatic heterocycles. The van der Waals surface area contributed by atoms with Gasteiger partial charge in [-0.3, -0.25) is 9.59 Å². The number of carbonyl (C=O) groups excluding carboxylic acids is 2. The van der Waals surface area contributed by atoms with Crippen LogP contribution in [0, 0.1) is 0 Å². The first-order valence-corrected chi connectivity index (χ1v) is 6.66. The Morgan fingerprint density at radius 3 is 2.55 bits per heavy atom. The molecule has 0 bridgehead atoms. The normalized spacial score (nSPS) is 10.5. The molecule has 0 aliphatic heterocycles. The highest BCUT2D eigenvalue weighted by molar-refractivity contribution is 5.96. The average molecular weight is 295 g/mol. The maximum atomic E-state index is 12.1. The van der Waals surface area contributed by atoms with Crippen LogP contribution in [0.2, 0.25) is 0 Å². The fourth-order valence-electron chi connectivity index (χ4n) is 2.14. The van der Waals surface area contributed by atoms with Gasteiger partial charge in [-0.05, 0) is 36.4 Å². The van der Waals surface area contributed by atoms with E-state index in [1.165, 1.54) is 0 Å². The van der Waals surface area contributed by atoms with E-state index in [9.17, 15) is 9.59 Å². The summed E-state index contributed by atoms with van der Waals surface area (Å²) in [5.74, 6) is -0.724. The van der Waals surface area contributed by atoms with Crippen LogP contribution in [0.15, 0.2) is 53.1 Å². The van der Waals surface area contributed by atoms with Crippen LogP contribution in [0.4, 0.5) is 5.69 Å². The molecule has 110 valence electrons. The van der Waals surface area contributed by atoms with Crippen molar-refractivity contribution < 1.29 is 14.1 Å². The summed E-state index contributed by atoms with van der Waals surface area (Å²) < 4.78 is 5.16. The number of carbonyl (C=O) groups is 2. The van der Waals surface area contributed by atoms with Crippen molar-refractivity contribution in [2.45, 2.75) is 6.42 Å². The number of hydrogen-bond acceptors (Lipinski definition) is 4. The van der Waals surface area contributed by atoms with Gasteiger partial charge in [0.25, 0.3) is 0 Å². The number of benzene rings is 2. The highest BCUT2D eigenvalue weighted by Gasteiger charge is 2.12. The molecule has 1 heterocycles. The molecule has 0 radical (unpaired) electrons. The van der Waals surface area contributed by atoms with Crippen molar-refractivity contribution in [3.63, 3.8) is 0 Å². The summed E-state index contributed by atoms with van der Waals surface area (Å²) in [4.78, 5) is 23.0. The van der Waals surface area contributed by atoms with Gasteiger partial charge >= 0.3 is 0 Å². The van der Waals surface area contributed by atoms with Crippen molar-refractivity contribution >= 4 is 28.5 Å². The van der Waals surface area contributed by atoms with Crippen molar-refractivity contribution in [3.05, 3.63) is 59.8 Å². The average Bonchev–Trinajstić information content (AvgIpc) is 2.91. The molecule has 0 aliphatic carbocycles. The molecule has 6 heteroatoms. The van der Waals surface area contributed by atoms with E-state index in [-0.39, 0.29) is 12.3 Å². The quantitative estimate of drug-likeness (QED) is 0.770. The second-order valence-corrected chi connectivity index (χ2v) is 4.79. The third-order valence-electron chi connectivity index (χ3n) is 3.23. The van der Waals surface area contributed by atoms with E-state index in [0.29, 0.717) is 22.5 Å². The molecule has 0 atom stereocenters. The number of anilines is 1. The number of para-hydroxylation sites is 1. The van der Waals surface area contributed by atoms with Crippen molar-refractivity contribution in [2.75, 3.05) is 5.32 Å². The second kappa shape index (κ2) is 5.69. The molecule has 2 amide bonds. The molecular formula is C16H13N3O3. The van der Waals surface area contributed by atoms with Gasteiger partial charge in [-0.1, -0.05) is 17.3 Å². The highest BCUT2D eigenvalue weighted by atomic mass is 16.5. The lowest BCUT2D eigenvalue weighted by molar-refractivity contribution is -0.115. The van der Waals surface area contributed by atoms with E-state index in [1.54, 1.807) is 30.3 Å². The summed E-state index contributed by atoms with van der Waals surface area (Å²) in [5.41, 5.74) is 7.37. The van der Waals surface area contributed by atoms with Gasteiger partial charge in [0.1, 0.15) is 5.69 Å². The fraction of sp³-hybridized carbons (Fsp3) is 0.0625. The Kier molecular flexibility index (Phi) is 3.57. The Morgan fingerprint density at radius 1 is 1.09 bits per heavy atom. The third kappa shape index (κ3) is 2.80. The van der Waals surface area contributed by atoms with Crippen molar-refractivity contribution in [1.82, 2.24) is 5.16 Å². The lowest BCUT2D eigenvalue weighted by Crippen LogP contribution is -2.15. The Labute approximate surface area is 125 Å². The number of hydrogen-bond donors (Lipinski definition) is 2. The Morgan fingerprint density at radius 2 is 1.82 bits per heavy atom. The predicted molar refractivity (Wildman–Crippen MR) is 81.3 cm³/mol. The summed E-state index contributed by atoms with van der Waals surface area (Å²) in [5, 5.41) is 7.48. The van der Waals surface area contributed by atoms with Gasteiger partial charge in [-0.2, -0.15) is 0 Å². The van der Waals surface area contributed by atoms with Crippen molar-refractivity contribution in [2.24, 2.45) is 5.73 Å². The lowest BCUT2D eigenvalue weighted by atomic mass is 10.1. The Bertz CT molecular complexity index is 837. The van der Waals surface area contributed by atoms with Gasteiger partial charge in [0.05, 0.1) is 6.42 Å². The monoisotopic (exact) mass is 295 g/mol. The Balaban J connectivity index is 1.71. The van der Waals surface area contributed by atoms with Crippen LogP contribution < -0.4 is 11.1 Å². The minimum atomic E-state index is -0.507. The molecule has 0 saturated heterocycles. The van der Waals surface area contributed by atoms with Crippen LogP contribution in [0.3, 0.4) is 0 Å². The minimum Gasteiger partial charge on any atom is -0.366 e. The predicted octanol–water partition coefficient (Wildman–Crippen LogP) is 2.11. The summed E-state index contributed by atoms with van der Waals surface area (Å²) in [7, 11) is 0. The summed E-state index contributed by atoms with van der Waals surface area (Å²) in [6, 6.07) is 13.7. The van der Waals surface area contributed by atoms with Gasteiger partial charge in [-0.15, -0.1) is 0 Å². The van der Waals surface area contributed by atoms with E-state index in [4.69, 9.17) is 10.3 Å². The lowest BCUT2D eigenvalue weighted by Gasteiger charge is -2.04. The second-order valence-electron chi connectivity index (χ2n) is 4.79. The van der Waals surface area contributed by atoms with E-state index >= 15 is 0 Å². The van der Waals surface area contributed by atoms with Crippen LogP contribution in [0.1, 0.15) is 16.1 Å². The van der Waals surface area contributed by atoms with Gasteiger partial charge < -0.3 is 15.6 Å². The summed E-state index contributed by atoms with van der Waals surface area (Å²) in [6.45, 7) is 0. The first kappa shape index (κ1) is 13.8. The van der Waals surface area contributed by atoms with Crippen molar-refractivity contribution in [3.8, 4) is 0 Å². The number of primary amides is 1. The van der Waals surface area contributed by atoms with Crippen LogP contribution in [-0.4, -0.2) is 17.0 Å². The molecule has 6 nitrogen and oxygen atoms in total. The number of nitrogens with one attached hydrogen (secondary N) is 1. The van der Waals surface area contributed by atoms with Crippen molar-refractivity contribution in [1.29, 1.82) is 0 Å². The van der Waals surface area contributed by atoms with Crippen LogP contribution >= 0.6 is 0 Å². The number of amides is 2. The molecule has 0 saturated carbocycles. The van der Waals surface area contributed by atoms with Crippen LogP contribution in [0.5, 0.6) is 0 Å². The minimum absolute atomic E-state index is 0.106. The van der Waals surface area contributed by atoms with Crippen LogP contribution in [-0.2, 0) is 11.2 Å². The fourth-order valence-corrected chi connectivity index (χ4v) is 2.14. The van der Waals surface area contributed by atoms with Gasteiger partial charge in [0, 0.05) is 16.6 Å². The molecular weight excluding hydrogens is 282 g/mol. The smallest absolute Gasteiger partial charge is 0.248 e. The largest absolute Gasteiger partial charge is 0.366 e. The number of nitrogens with two attached hydrogens (primary N) is 1. The SMILES string of the molecule is NC(=O)c1ccc(NC(=O)Cc2noc3ccccc23)cc1. The van der Waals surface area contributed by atoms with E-state index in [2.05, 4.69) is 10.5 Å². The van der Waals surface area contributed by atoms with Gasteiger partial charge in [0.15, 0.2) is 5.58 Å². The molecule has 2 aromatic carbocycles. The zero-order chi connectivity index (χ0) is 15.5. The van der Waals surface area contributed by atoms with Gasteiger partial charge in [0.2, 0.25) is 11.8 Å². The van der Waals surface area contributed by atoms with E-state index < -0.39 is 5.91 Å². The highest BCUT2D eigenvalue weighted by Crippen LogP contribution is 2.18. The van der Waals surface area contributed by atoms with E-state index in [0.717, 1.165) is 5.39 Å². The number of nitrogens with zero attached hydrogens (tertiary/aromatic N) is 1. The standard InChI is InChI=1S/C16H13N3O3/c17-16(21)10-5-7-11(8-6-10)18-15(20)9-13-12-3-1-2-4-14(12)22-19-13/h1-8H,9H2,(H2,17,21)(H,18,20). The zero-order valence-electron chi connectivity index (χ0n) is 11.6. The number of aromatic nitrogens is 1. The zero-order valence-corrected chi connectivity index (χ0v) is 11.6. The number of rotatable bonds is 4. The summed E-state index contributed by atoms with van der Waals surface area (Å²) >= 11 is 0. The molecule has 0 spiro atoms. The first-order valence-electron chi connectivity index (χ1n) is 6.66. The summed E-state index contributed by atoms with van der Waals surface area (Å²) in [6.07, 6.45) is 0.106. The molecule has 0 aliphatic rings. The van der Waals surface area contributed by atoms with Crippen LogP contribution in [0.25, 0.3) is 11.0 Å². The maximum Gasteiger partial charge on any atom is 0.248 e. The molecule has 3 aromatic rings. The molecule has 3 rings (SSSR count). The first-order chi connectivity index (χ1) is 10.6. The Hall–Kier alpha value is -3.15. The molecule has 0 fully saturated rings. The third-order valence-corrected chi connectivity index (χ3v) is 3.23. The van der Waals surface area contributed by atoms with Gasteiger partial charge in [-0.25, -0.2) is 0 Å². The topological polar surface area (TPSA) is 98.2 Å². The molecule has 22 heavy (non-hydrogen) atoms. The van der Waals surface area contributed by atoms with E-state index in [1.807, 2.05) is 18.2 Å². The maximum absolute atomic E-state index is 12.1.